The molecule has 4 rings (SSSR count). The number of nitrogens with one attached hydrogen (secondary N) is 2. The molecule has 0 saturated heterocycles. The van der Waals surface area contributed by atoms with E-state index in [2.05, 4.69) is 37.6 Å². The number of hydrogen-bond donors (Lipinski definition) is 2. The monoisotopic (exact) mass is 439 g/mol. The van der Waals surface area contributed by atoms with Gasteiger partial charge in [0.15, 0.2) is 5.82 Å². The summed E-state index contributed by atoms with van der Waals surface area (Å²) in [5.41, 5.74) is 3.94. The lowest BCUT2D eigenvalue weighted by Crippen LogP contribution is -2.11. The zero-order valence-electron chi connectivity index (χ0n) is 18.7. The second kappa shape index (κ2) is 11.7. The van der Waals surface area contributed by atoms with Crippen molar-refractivity contribution in [2.75, 3.05) is 5.32 Å². The van der Waals surface area contributed by atoms with E-state index < -0.39 is 0 Å². The van der Waals surface area contributed by atoms with E-state index in [0.717, 1.165) is 66.7 Å². The lowest BCUT2D eigenvalue weighted by Gasteiger charge is -2.11. The molecule has 0 aliphatic rings. The standard InChI is InChI=1S/C27H29N5O/c33-26(29-24-16-10-9-15-23(24)21-12-5-4-6-13-21)18-8-3-1-2-7-17-25-30-27(32-31-25)22-14-11-19-28-20-22/h4-6,9-16,19-20H,1-3,7-8,17-18H2,(H,29,33)(H,30,31,32). The molecule has 6 nitrogen and oxygen atoms in total. The normalized spacial score (nSPS) is 10.8. The summed E-state index contributed by atoms with van der Waals surface area (Å²) in [7, 11) is 0. The number of aromatic nitrogens is 4. The van der Waals surface area contributed by atoms with Crippen LogP contribution >= 0.6 is 0 Å². The van der Waals surface area contributed by atoms with E-state index >= 15 is 0 Å². The first-order chi connectivity index (χ1) is 16.3. The number of rotatable bonds is 11. The first kappa shape index (κ1) is 22.4. The maximum absolute atomic E-state index is 12.5. The van der Waals surface area contributed by atoms with Gasteiger partial charge in [0.1, 0.15) is 5.82 Å². The molecule has 2 aromatic carbocycles. The van der Waals surface area contributed by atoms with Crippen molar-refractivity contribution in [3.63, 3.8) is 0 Å². The van der Waals surface area contributed by atoms with E-state index in [1.807, 2.05) is 54.6 Å². The fourth-order valence-corrected chi connectivity index (χ4v) is 3.81. The zero-order chi connectivity index (χ0) is 22.7. The van der Waals surface area contributed by atoms with Crippen molar-refractivity contribution in [1.82, 2.24) is 20.2 Å². The number of aromatic amines is 1. The molecule has 2 N–H and O–H groups in total. The number of benzene rings is 2. The Hall–Kier alpha value is -3.80. The van der Waals surface area contributed by atoms with E-state index in [-0.39, 0.29) is 5.91 Å². The number of anilines is 1. The second-order valence-electron chi connectivity index (χ2n) is 8.07. The highest BCUT2D eigenvalue weighted by atomic mass is 16.1. The summed E-state index contributed by atoms with van der Waals surface area (Å²) >= 11 is 0. The molecule has 33 heavy (non-hydrogen) atoms. The smallest absolute Gasteiger partial charge is 0.224 e. The van der Waals surface area contributed by atoms with E-state index in [9.17, 15) is 4.79 Å². The van der Waals surface area contributed by atoms with Gasteiger partial charge in [0.2, 0.25) is 5.91 Å². The number of H-pyrrole nitrogens is 1. The van der Waals surface area contributed by atoms with E-state index in [1.165, 1.54) is 0 Å². The van der Waals surface area contributed by atoms with Crippen LogP contribution in [0.15, 0.2) is 79.1 Å². The number of para-hydroxylation sites is 1. The van der Waals surface area contributed by atoms with Gasteiger partial charge in [-0.25, -0.2) is 4.98 Å². The molecule has 168 valence electrons. The van der Waals surface area contributed by atoms with Gasteiger partial charge in [-0.3, -0.25) is 14.9 Å². The fraction of sp³-hybridized carbons (Fsp3) is 0.259. The molecule has 0 spiro atoms. The molecule has 4 aromatic rings. The molecule has 6 heteroatoms. The van der Waals surface area contributed by atoms with Crippen LogP contribution in [0.1, 0.15) is 44.3 Å². The maximum Gasteiger partial charge on any atom is 0.224 e. The average molecular weight is 440 g/mol. The first-order valence-electron chi connectivity index (χ1n) is 11.6. The van der Waals surface area contributed by atoms with Gasteiger partial charge in [0.25, 0.3) is 0 Å². The summed E-state index contributed by atoms with van der Waals surface area (Å²) in [5, 5.41) is 10.4. The lowest BCUT2D eigenvalue weighted by molar-refractivity contribution is -0.116. The van der Waals surface area contributed by atoms with Crippen LogP contribution in [0.3, 0.4) is 0 Å². The van der Waals surface area contributed by atoms with Crippen molar-refractivity contribution >= 4 is 11.6 Å². The molecule has 0 atom stereocenters. The average Bonchev–Trinajstić information content (AvgIpc) is 3.34. The topological polar surface area (TPSA) is 83.6 Å². The Bertz CT molecular complexity index is 1140. The summed E-state index contributed by atoms with van der Waals surface area (Å²) < 4.78 is 0. The third-order valence-corrected chi connectivity index (χ3v) is 5.55. The Balaban J connectivity index is 1.13. The number of amides is 1. The van der Waals surface area contributed by atoms with Crippen molar-refractivity contribution in [3.05, 3.63) is 84.9 Å². The second-order valence-corrected chi connectivity index (χ2v) is 8.07. The Morgan fingerprint density at radius 2 is 1.58 bits per heavy atom. The van der Waals surface area contributed by atoms with Crippen LogP contribution in [-0.4, -0.2) is 26.1 Å². The Morgan fingerprint density at radius 3 is 2.42 bits per heavy atom. The number of carbonyl (C=O) groups is 1. The molecular weight excluding hydrogens is 410 g/mol. The minimum atomic E-state index is 0.0722. The Morgan fingerprint density at radius 1 is 0.818 bits per heavy atom. The summed E-state index contributed by atoms with van der Waals surface area (Å²) in [5.74, 6) is 1.67. The summed E-state index contributed by atoms with van der Waals surface area (Å²) in [6.07, 6.45) is 10.1. The summed E-state index contributed by atoms with van der Waals surface area (Å²) in [6.45, 7) is 0. The number of pyridine rings is 1. The predicted octanol–water partition coefficient (Wildman–Crippen LogP) is 6.06. The van der Waals surface area contributed by atoms with Crippen LogP contribution in [0.25, 0.3) is 22.5 Å². The summed E-state index contributed by atoms with van der Waals surface area (Å²) in [4.78, 5) is 21.1. The first-order valence-corrected chi connectivity index (χ1v) is 11.6. The number of carbonyl (C=O) groups excluding carboxylic acids is 1. The largest absolute Gasteiger partial charge is 0.326 e. The third-order valence-electron chi connectivity index (χ3n) is 5.55. The van der Waals surface area contributed by atoms with Crippen LogP contribution in [0, 0.1) is 0 Å². The van der Waals surface area contributed by atoms with Gasteiger partial charge >= 0.3 is 0 Å². The van der Waals surface area contributed by atoms with Gasteiger partial charge in [-0.1, -0.05) is 67.8 Å². The highest BCUT2D eigenvalue weighted by Gasteiger charge is 2.08. The molecule has 0 saturated carbocycles. The maximum atomic E-state index is 12.5. The molecule has 0 radical (unpaired) electrons. The molecule has 0 bridgehead atoms. The van der Waals surface area contributed by atoms with Crippen LogP contribution in [0.4, 0.5) is 5.69 Å². The Kier molecular flexibility index (Phi) is 7.95. The van der Waals surface area contributed by atoms with Crippen molar-refractivity contribution in [2.24, 2.45) is 0 Å². The van der Waals surface area contributed by atoms with E-state index in [0.29, 0.717) is 12.2 Å². The van der Waals surface area contributed by atoms with Gasteiger partial charge in [-0.15, -0.1) is 0 Å². The molecular formula is C27H29N5O. The van der Waals surface area contributed by atoms with Crippen molar-refractivity contribution in [3.8, 4) is 22.5 Å². The molecule has 0 aliphatic heterocycles. The third kappa shape index (κ3) is 6.59. The van der Waals surface area contributed by atoms with Crippen LogP contribution < -0.4 is 5.32 Å². The van der Waals surface area contributed by atoms with Gasteiger partial charge in [0, 0.05) is 42.0 Å². The minimum absolute atomic E-state index is 0.0722. The van der Waals surface area contributed by atoms with Crippen LogP contribution in [0.2, 0.25) is 0 Å². The van der Waals surface area contributed by atoms with E-state index in [4.69, 9.17) is 0 Å². The Labute approximate surface area is 194 Å². The van der Waals surface area contributed by atoms with Gasteiger partial charge in [-0.2, -0.15) is 5.10 Å². The van der Waals surface area contributed by atoms with Crippen molar-refractivity contribution in [2.45, 2.75) is 44.9 Å². The van der Waals surface area contributed by atoms with Gasteiger partial charge < -0.3 is 5.32 Å². The lowest BCUT2D eigenvalue weighted by atomic mass is 10.0. The SMILES string of the molecule is O=C(CCCCCCCc1nc(-c2cccnc2)n[nH]1)Nc1ccccc1-c1ccccc1. The van der Waals surface area contributed by atoms with Gasteiger partial charge in [-0.05, 0) is 36.6 Å². The van der Waals surface area contributed by atoms with Gasteiger partial charge in [0.05, 0.1) is 0 Å². The highest BCUT2D eigenvalue weighted by molar-refractivity contribution is 5.95. The molecule has 1 amide bonds. The van der Waals surface area contributed by atoms with Crippen LogP contribution in [0.5, 0.6) is 0 Å². The molecule has 0 unspecified atom stereocenters. The minimum Gasteiger partial charge on any atom is -0.326 e. The quantitative estimate of drug-likeness (QED) is 0.278. The van der Waals surface area contributed by atoms with Crippen molar-refractivity contribution < 1.29 is 4.79 Å². The molecule has 2 heterocycles. The number of unbranched alkanes of at least 4 members (excludes halogenated alkanes) is 4. The molecule has 0 aliphatic carbocycles. The summed E-state index contributed by atoms with van der Waals surface area (Å²) in [6, 6.07) is 21.9. The van der Waals surface area contributed by atoms with E-state index in [1.54, 1.807) is 12.4 Å². The molecule has 2 aromatic heterocycles. The number of aryl methyl sites for hydroxylation is 1. The number of hydrogen-bond acceptors (Lipinski definition) is 4. The highest BCUT2D eigenvalue weighted by Crippen LogP contribution is 2.27. The fourth-order valence-electron chi connectivity index (χ4n) is 3.81. The molecule has 0 fully saturated rings. The number of nitrogens with zero attached hydrogens (tertiary/aromatic N) is 3. The van der Waals surface area contributed by atoms with Crippen LogP contribution in [-0.2, 0) is 11.2 Å². The zero-order valence-corrected chi connectivity index (χ0v) is 18.7. The van der Waals surface area contributed by atoms with Crippen molar-refractivity contribution in [1.29, 1.82) is 0 Å². The predicted molar refractivity (Wildman–Crippen MR) is 132 cm³/mol.